The monoisotopic (exact) mass is 305 g/mol. The van der Waals surface area contributed by atoms with Crippen molar-refractivity contribution in [1.82, 2.24) is 24.2 Å². The van der Waals surface area contributed by atoms with Crippen molar-refractivity contribution >= 4 is 11.5 Å². The maximum absolute atomic E-state index is 11.9. The lowest BCUT2D eigenvalue weighted by molar-refractivity contribution is 0.300. The fourth-order valence-corrected chi connectivity index (χ4v) is 2.46. The molecule has 8 heteroatoms. The average Bonchev–Trinajstić information content (AvgIpc) is 3.06. The molecule has 21 heavy (non-hydrogen) atoms. The largest absolute Gasteiger partial charge is 0.487 e. The van der Waals surface area contributed by atoms with Crippen molar-refractivity contribution in [2.24, 2.45) is 7.05 Å². The van der Waals surface area contributed by atoms with Crippen LogP contribution in [0.1, 0.15) is 12.6 Å². The summed E-state index contributed by atoms with van der Waals surface area (Å²) >= 11 is 1.22. The molecule has 0 saturated carbocycles. The number of hydrogen-bond donors (Lipinski definition) is 0. The third-order valence-corrected chi connectivity index (χ3v) is 3.61. The first kappa shape index (κ1) is 12.3. The number of ether oxygens (including phenoxy) is 1. The molecule has 2 aromatic heterocycles. The van der Waals surface area contributed by atoms with Gasteiger partial charge >= 0.3 is 5.69 Å². The summed E-state index contributed by atoms with van der Waals surface area (Å²) in [7, 11) is 1.54. The lowest BCUT2D eigenvalue weighted by Crippen LogP contribution is -2.22. The second-order valence-corrected chi connectivity index (χ2v) is 5.05. The number of rotatable bonds is 4. The van der Waals surface area contributed by atoms with E-state index < -0.39 is 0 Å². The summed E-state index contributed by atoms with van der Waals surface area (Å²) in [6, 6.07) is 5.57. The van der Waals surface area contributed by atoms with E-state index in [0.29, 0.717) is 23.2 Å². The van der Waals surface area contributed by atoms with Gasteiger partial charge in [0.15, 0.2) is 0 Å². The van der Waals surface area contributed by atoms with Gasteiger partial charge in [-0.1, -0.05) is 18.2 Å². The summed E-state index contributed by atoms with van der Waals surface area (Å²) in [5, 5.41) is 9.22. The summed E-state index contributed by atoms with van der Waals surface area (Å²) in [5.74, 6) is 0.682. The van der Waals surface area contributed by atoms with Crippen LogP contribution in [0.5, 0.6) is 5.75 Å². The van der Waals surface area contributed by atoms with Crippen molar-refractivity contribution in [3.05, 3.63) is 51.4 Å². The molecule has 0 spiro atoms. The molecule has 0 radical (unpaired) electrons. The molecule has 0 bridgehead atoms. The molecule has 0 aliphatic carbocycles. The maximum Gasteiger partial charge on any atom is 0.368 e. The van der Waals surface area contributed by atoms with E-state index in [1.807, 2.05) is 6.92 Å². The zero-order valence-corrected chi connectivity index (χ0v) is 12.3. The minimum Gasteiger partial charge on any atom is -0.487 e. The van der Waals surface area contributed by atoms with Gasteiger partial charge in [-0.2, -0.15) is 13.7 Å². The van der Waals surface area contributed by atoms with Gasteiger partial charge in [0.25, 0.3) is 0 Å². The summed E-state index contributed by atoms with van der Waals surface area (Å²) in [5.41, 5.74) is 1.72. The van der Waals surface area contributed by atoms with Crippen LogP contribution in [-0.4, -0.2) is 24.2 Å². The maximum atomic E-state index is 11.9. The molecule has 0 saturated heterocycles. The molecule has 2 heterocycles. The second kappa shape index (κ2) is 5.49. The molecular formula is C13H13N5O2S. The standard InChI is InChI=1S/C13H13N5O2S/c1-9-5-3-4-6-12(9)20-7-10-11(8-21-14-10)18-13(19)17(2)15-16-18/h3-6,8H,7H2,1-2H3/i3T. The molecule has 0 N–H and O–H groups in total. The molecule has 3 aromatic rings. The van der Waals surface area contributed by atoms with E-state index in [-0.39, 0.29) is 12.3 Å². The van der Waals surface area contributed by atoms with Crippen LogP contribution < -0.4 is 10.4 Å². The summed E-state index contributed by atoms with van der Waals surface area (Å²) < 4.78 is 19.9. The minimum atomic E-state index is -0.337. The summed E-state index contributed by atoms with van der Waals surface area (Å²) in [4.78, 5) is 11.9. The van der Waals surface area contributed by atoms with E-state index in [1.165, 1.54) is 23.3 Å². The average molecular weight is 305 g/mol. The first-order chi connectivity index (χ1) is 10.6. The zero-order chi connectivity index (χ0) is 15.7. The quantitative estimate of drug-likeness (QED) is 0.726. The van der Waals surface area contributed by atoms with Crippen LogP contribution in [-0.2, 0) is 13.7 Å². The topological polar surface area (TPSA) is 74.8 Å². The van der Waals surface area contributed by atoms with Crippen molar-refractivity contribution in [3.63, 3.8) is 0 Å². The van der Waals surface area contributed by atoms with Crippen LogP contribution in [0.4, 0.5) is 0 Å². The fourth-order valence-electron chi connectivity index (χ4n) is 1.80. The summed E-state index contributed by atoms with van der Waals surface area (Å²) in [6.45, 7) is 2.09. The first-order valence-electron chi connectivity index (χ1n) is 6.69. The van der Waals surface area contributed by atoms with Gasteiger partial charge in [-0.15, -0.1) is 0 Å². The Bertz CT molecular complexity index is 869. The number of tetrazole rings is 1. The lowest BCUT2D eigenvalue weighted by atomic mass is 10.2. The Morgan fingerprint density at radius 1 is 1.43 bits per heavy atom. The molecule has 7 nitrogen and oxygen atoms in total. The van der Waals surface area contributed by atoms with Crippen molar-refractivity contribution < 1.29 is 6.11 Å². The third kappa shape index (κ3) is 2.57. The van der Waals surface area contributed by atoms with E-state index in [0.717, 1.165) is 10.2 Å². The number of aryl methyl sites for hydroxylation is 2. The molecule has 3 rings (SSSR count). The van der Waals surface area contributed by atoms with E-state index >= 15 is 0 Å². The number of para-hydroxylation sites is 1. The number of hydrogen-bond acceptors (Lipinski definition) is 6. The van der Waals surface area contributed by atoms with Gasteiger partial charge in [0, 0.05) is 12.4 Å². The highest BCUT2D eigenvalue weighted by Gasteiger charge is 2.14. The van der Waals surface area contributed by atoms with Gasteiger partial charge in [0.05, 0.1) is 1.37 Å². The van der Waals surface area contributed by atoms with E-state index in [2.05, 4.69) is 14.8 Å². The van der Waals surface area contributed by atoms with Gasteiger partial charge in [-0.3, -0.25) is 0 Å². The van der Waals surface area contributed by atoms with Crippen LogP contribution in [0.15, 0.2) is 34.4 Å². The van der Waals surface area contributed by atoms with Crippen LogP contribution in [0.3, 0.4) is 0 Å². The predicted octanol–water partition coefficient (Wildman–Crippen LogP) is 1.31. The van der Waals surface area contributed by atoms with Gasteiger partial charge in [-0.25, -0.2) is 4.79 Å². The highest BCUT2D eigenvalue weighted by atomic mass is 32.1. The molecule has 1 aromatic carbocycles. The Hall–Kier alpha value is -2.48. The van der Waals surface area contributed by atoms with Crippen molar-refractivity contribution in [3.8, 4) is 11.4 Å². The number of aromatic nitrogens is 5. The number of benzene rings is 1. The smallest absolute Gasteiger partial charge is 0.368 e. The van der Waals surface area contributed by atoms with Crippen LogP contribution >= 0.6 is 11.5 Å². The molecular weight excluding hydrogens is 290 g/mol. The van der Waals surface area contributed by atoms with Gasteiger partial charge < -0.3 is 4.74 Å². The lowest BCUT2D eigenvalue weighted by Gasteiger charge is -2.08. The molecule has 0 amide bonds. The summed E-state index contributed by atoms with van der Waals surface area (Å²) in [6.07, 6.45) is 0. The second-order valence-electron chi connectivity index (χ2n) is 4.42. The Labute approximate surface area is 126 Å². The fraction of sp³-hybridized carbons (Fsp3) is 0.231. The first-order valence-corrected chi connectivity index (χ1v) is 7.02. The highest BCUT2D eigenvalue weighted by molar-refractivity contribution is 7.04. The van der Waals surface area contributed by atoms with E-state index in [1.54, 1.807) is 23.6 Å². The van der Waals surface area contributed by atoms with Crippen molar-refractivity contribution in [2.45, 2.75) is 13.5 Å². The molecule has 0 unspecified atom stereocenters. The van der Waals surface area contributed by atoms with Crippen LogP contribution in [0.25, 0.3) is 5.69 Å². The predicted molar refractivity (Wildman–Crippen MR) is 77.8 cm³/mol. The third-order valence-electron chi connectivity index (χ3n) is 2.96. The molecule has 0 atom stereocenters. The SMILES string of the molecule is [3H]c1ccc(OCc2nscc2-n2nnn(C)c2=O)c(C)c1. The van der Waals surface area contributed by atoms with Gasteiger partial charge in [0.2, 0.25) is 0 Å². The zero-order valence-electron chi connectivity index (χ0n) is 12.5. The normalized spacial score (nSPS) is 11.4. The Morgan fingerprint density at radius 2 is 2.29 bits per heavy atom. The number of nitrogens with zero attached hydrogens (tertiary/aromatic N) is 5. The molecule has 108 valence electrons. The molecule has 0 aliphatic heterocycles. The molecule has 0 fully saturated rings. The van der Waals surface area contributed by atoms with E-state index in [4.69, 9.17) is 6.11 Å². The van der Waals surface area contributed by atoms with Gasteiger partial charge in [-0.05, 0) is 40.5 Å². The van der Waals surface area contributed by atoms with E-state index in [9.17, 15) is 4.79 Å². The van der Waals surface area contributed by atoms with Crippen molar-refractivity contribution in [2.75, 3.05) is 0 Å². The van der Waals surface area contributed by atoms with Crippen LogP contribution in [0.2, 0.25) is 0 Å². The minimum absolute atomic E-state index is 0.208. The molecule has 0 aliphatic rings. The Kier molecular flexibility index (Phi) is 3.21. The Balaban J connectivity index is 1.84. The Morgan fingerprint density at radius 3 is 3.00 bits per heavy atom. The highest BCUT2D eigenvalue weighted by Crippen LogP contribution is 2.20. The van der Waals surface area contributed by atoms with Crippen molar-refractivity contribution in [1.29, 1.82) is 0 Å². The van der Waals surface area contributed by atoms with Gasteiger partial charge in [0.1, 0.15) is 23.7 Å². The van der Waals surface area contributed by atoms with Crippen LogP contribution in [0, 0.1) is 6.92 Å².